The lowest BCUT2D eigenvalue weighted by Gasteiger charge is -2.09. The van der Waals surface area contributed by atoms with Crippen LogP contribution >= 0.6 is 11.8 Å². The third-order valence-corrected chi connectivity index (χ3v) is 2.92. The third-order valence-electron chi connectivity index (χ3n) is 1.88. The second-order valence-electron chi connectivity index (χ2n) is 3.45. The van der Waals surface area contributed by atoms with Gasteiger partial charge in [-0.1, -0.05) is 26.8 Å². The minimum absolute atomic E-state index is 0.0754. The van der Waals surface area contributed by atoms with Gasteiger partial charge >= 0.3 is 0 Å². The van der Waals surface area contributed by atoms with E-state index in [-0.39, 0.29) is 6.61 Å². The fraction of sp³-hybridized carbons (Fsp3) is 0.545. The van der Waals surface area contributed by atoms with Gasteiger partial charge in [0.1, 0.15) is 5.03 Å². The van der Waals surface area contributed by atoms with Crippen molar-refractivity contribution in [1.29, 1.82) is 0 Å². The van der Waals surface area contributed by atoms with Crippen LogP contribution in [0.4, 0.5) is 0 Å². The molecule has 1 aromatic heterocycles. The molecule has 0 aliphatic heterocycles. The van der Waals surface area contributed by atoms with Crippen LogP contribution in [0.3, 0.4) is 0 Å². The minimum atomic E-state index is 0.0754. The molecule has 1 rings (SSSR count). The molecule has 0 aliphatic rings. The van der Waals surface area contributed by atoms with E-state index < -0.39 is 0 Å². The number of aromatic nitrogens is 1. The summed E-state index contributed by atoms with van der Waals surface area (Å²) < 4.78 is 0. The average Bonchev–Trinajstić information content (AvgIpc) is 2.16. The third kappa shape index (κ3) is 3.00. The Morgan fingerprint density at radius 1 is 1.43 bits per heavy atom. The zero-order chi connectivity index (χ0) is 10.6. The molecule has 0 aromatic carbocycles. The summed E-state index contributed by atoms with van der Waals surface area (Å²) in [5, 5.41) is 10.6. The standard InChI is InChI=1S/C11H17NOS/c1-4-10-6-5-9(7-13)11(12-10)14-8(2)3/h5-6,8,13H,4,7H2,1-3H3. The zero-order valence-electron chi connectivity index (χ0n) is 8.95. The summed E-state index contributed by atoms with van der Waals surface area (Å²) in [5.41, 5.74) is 2.02. The summed E-state index contributed by atoms with van der Waals surface area (Å²) in [6.45, 7) is 6.43. The van der Waals surface area contributed by atoms with Crippen molar-refractivity contribution in [3.63, 3.8) is 0 Å². The van der Waals surface area contributed by atoms with Gasteiger partial charge in [0.05, 0.1) is 6.61 Å². The molecule has 2 nitrogen and oxygen atoms in total. The molecule has 78 valence electrons. The van der Waals surface area contributed by atoms with Crippen LogP contribution in [0.1, 0.15) is 32.0 Å². The van der Waals surface area contributed by atoms with Crippen molar-refractivity contribution in [2.24, 2.45) is 0 Å². The van der Waals surface area contributed by atoms with Gasteiger partial charge in [-0.05, 0) is 12.5 Å². The van der Waals surface area contributed by atoms with Crippen molar-refractivity contribution in [1.82, 2.24) is 4.98 Å². The smallest absolute Gasteiger partial charge is 0.102 e. The lowest BCUT2D eigenvalue weighted by Crippen LogP contribution is -1.98. The largest absolute Gasteiger partial charge is 0.392 e. The summed E-state index contributed by atoms with van der Waals surface area (Å²) in [4.78, 5) is 4.51. The summed E-state index contributed by atoms with van der Waals surface area (Å²) in [6, 6.07) is 3.95. The van der Waals surface area contributed by atoms with Gasteiger partial charge in [-0.3, -0.25) is 0 Å². The van der Waals surface area contributed by atoms with Gasteiger partial charge in [-0.25, -0.2) is 4.98 Å². The number of hydrogen-bond acceptors (Lipinski definition) is 3. The first-order valence-corrected chi connectivity index (χ1v) is 5.81. The van der Waals surface area contributed by atoms with Crippen LogP contribution in [-0.2, 0) is 13.0 Å². The first kappa shape index (κ1) is 11.5. The molecule has 0 aliphatic carbocycles. The molecule has 0 atom stereocenters. The number of pyridine rings is 1. The highest BCUT2D eigenvalue weighted by Crippen LogP contribution is 2.25. The molecule has 3 heteroatoms. The molecule has 0 spiro atoms. The molecule has 0 saturated carbocycles. The molecular weight excluding hydrogens is 194 g/mol. The maximum absolute atomic E-state index is 9.14. The minimum Gasteiger partial charge on any atom is -0.392 e. The van der Waals surface area contributed by atoms with Crippen LogP contribution in [0.25, 0.3) is 0 Å². The molecule has 0 amide bonds. The molecule has 0 radical (unpaired) electrons. The Hall–Kier alpha value is -0.540. The Morgan fingerprint density at radius 3 is 2.64 bits per heavy atom. The monoisotopic (exact) mass is 211 g/mol. The number of thioether (sulfide) groups is 1. The van der Waals surface area contributed by atoms with Gasteiger partial charge < -0.3 is 5.11 Å². The number of aliphatic hydroxyl groups is 1. The highest BCUT2D eigenvalue weighted by atomic mass is 32.2. The van der Waals surface area contributed by atoms with E-state index in [1.165, 1.54) is 0 Å². The molecule has 1 N–H and O–H groups in total. The summed E-state index contributed by atoms with van der Waals surface area (Å²) in [6.07, 6.45) is 0.942. The van der Waals surface area contributed by atoms with Gasteiger partial charge in [0.25, 0.3) is 0 Å². The summed E-state index contributed by atoms with van der Waals surface area (Å²) in [5.74, 6) is 0. The van der Waals surface area contributed by atoms with Crippen molar-refractivity contribution in [2.45, 2.75) is 44.1 Å². The van der Waals surface area contributed by atoms with Crippen LogP contribution in [0, 0.1) is 0 Å². The Morgan fingerprint density at radius 2 is 2.14 bits per heavy atom. The van der Waals surface area contributed by atoms with Crippen molar-refractivity contribution in [3.8, 4) is 0 Å². The molecule has 0 bridgehead atoms. The van der Waals surface area contributed by atoms with Crippen molar-refractivity contribution < 1.29 is 5.11 Å². The Labute approximate surface area is 89.8 Å². The lowest BCUT2D eigenvalue weighted by atomic mass is 10.2. The molecule has 0 fully saturated rings. The van der Waals surface area contributed by atoms with Crippen LogP contribution in [0.15, 0.2) is 17.2 Å². The normalized spacial score (nSPS) is 10.9. The Balaban J connectivity index is 2.96. The number of aliphatic hydroxyl groups excluding tert-OH is 1. The van der Waals surface area contributed by atoms with E-state index in [1.54, 1.807) is 11.8 Å². The van der Waals surface area contributed by atoms with Crippen molar-refractivity contribution in [3.05, 3.63) is 23.4 Å². The predicted octanol–water partition coefficient (Wildman–Crippen LogP) is 2.64. The molecular formula is C11H17NOS. The zero-order valence-corrected chi connectivity index (χ0v) is 9.77. The Bertz CT molecular complexity index is 299. The fourth-order valence-corrected chi connectivity index (χ4v) is 2.05. The topological polar surface area (TPSA) is 33.1 Å². The van der Waals surface area contributed by atoms with Crippen molar-refractivity contribution >= 4 is 11.8 Å². The lowest BCUT2D eigenvalue weighted by molar-refractivity contribution is 0.278. The molecule has 1 aromatic rings. The van der Waals surface area contributed by atoms with E-state index in [2.05, 4.69) is 25.8 Å². The second kappa shape index (κ2) is 5.37. The highest BCUT2D eigenvalue weighted by molar-refractivity contribution is 7.99. The number of nitrogens with zero attached hydrogens (tertiary/aromatic N) is 1. The van der Waals surface area contributed by atoms with E-state index in [1.807, 2.05) is 12.1 Å². The summed E-state index contributed by atoms with van der Waals surface area (Å²) >= 11 is 1.71. The second-order valence-corrected chi connectivity index (χ2v) is 5.01. The van der Waals surface area contributed by atoms with E-state index in [4.69, 9.17) is 5.11 Å². The predicted molar refractivity (Wildman–Crippen MR) is 60.5 cm³/mol. The average molecular weight is 211 g/mol. The SMILES string of the molecule is CCc1ccc(CO)c(SC(C)C)n1. The Kier molecular flexibility index (Phi) is 4.42. The van der Waals surface area contributed by atoms with Gasteiger partial charge in [-0.2, -0.15) is 0 Å². The summed E-state index contributed by atoms with van der Waals surface area (Å²) in [7, 11) is 0. The number of hydrogen-bond donors (Lipinski definition) is 1. The van der Waals surface area contributed by atoms with E-state index in [0.29, 0.717) is 5.25 Å². The van der Waals surface area contributed by atoms with Crippen LogP contribution in [0.2, 0.25) is 0 Å². The van der Waals surface area contributed by atoms with Gasteiger partial charge in [0.15, 0.2) is 0 Å². The first-order valence-electron chi connectivity index (χ1n) is 4.93. The van der Waals surface area contributed by atoms with Gasteiger partial charge in [0, 0.05) is 16.5 Å². The fourth-order valence-electron chi connectivity index (χ4n) is 1.15. The number of aryl methyl sites for hydroxylation is 1. The maximum atomic E-state index is 9.14. The van der Waals surface area contributed by atoms with Gasteiger partial charge in [0.2, 0.25) is 0 Å². The van der Waals surface area contributed by atoms with E-state index >= 15 is 0 Å². The van der Waals surface area contributed by atoms with Crippen LogP contribution < -0.4 is 0 Å². The van der Waals surface area contributed by atoms with Gasteiger partial charge in [-0.15, -0.1) is 11.8 Å². The molecule has 0 unspecified atom stereocenters. The van der Waals surface area contributed by atoms with Crippen LogP contribution in [0.5, 0.6) is 0 Å². The maximum Gasteiger partial charge on any atom is 0.102 e. The molecule has 14 heavy (non-hydrogen) atoms. The highest BCUT2D eigenvalue weighted by Gasteiger charge is 2.07. The van der Waals surface area contributed by atoms with Crippen molar-refractivity contribution in [2.75, 3.05) is 0 Å². The molecule has 0 saturated heterocycles. The number of rotatable bonds is 4. The first-order chi connectivity index (χ1) is 6.67. The quantitative estimate of drug-likeness (QED) is 0.777. The molecule has 1 heterocycles. The van der Waals surface area contributed by atoms with E-state index in [0.717, 1.165) is 22.7 Å². The van der Waals surface area contributed by atoms with Crippen LogP contribution in [-0.4, -0.2) is 15.3 Å². The van der Waals surface area contributed by atoms with E-state index in [9.17, 15) is 0 Å².